The molecule has 0 saturated carbocycles. The van der Waals surface area contributed by atoms with E-state index in [0.717, 1.165) is 12.0 Å². The second-order valence-corrected chi connectivity index (χ2v) is 8.01. The Balaban J connectivity index is 1.56. The van der Waals surface area contributed by atoms with Crippen molar-refractivity contribution in [3.05, 3.63) is 138 Å². The first kappa shape index (κ1) is 22.3. The van der Waals surface area contributed by atoms with Crippen molar-refractivity contribution in [2.24, 2.45) is 0 Å². The molecule has 0 aromatic heterocycles. The SMILES string of the molecule is O=C(Nc1cccc(F)c1)N(CCC(c1ccccc1)c1ccccc1)Cc1ccccc1. The van der Waals surface area contributed by atoms with Crippen LogP contribution in [0.1, 0.15) is 29.0 Å². The van der Waals surface area contributed by atoms with Crippen LogP contribution in [0.4, 0.5) is 14.9 Å². The molecule has 0 atom stereocenters. The molecule has 1 N–H and O–H groups in total. The van der Waals surface area contributed by atoms with Gasteiger partial charge >= 0.3 is 6.03 Å². The van der Waals surface area contributed by atoms with Crippen molar-refractivity contribution < 1.29 is 9.18 Å². The summed E-state index contributed by atoms with van der Waals surface area (Å²) in [6, 6.07) is 36.4. The molecule has 2 amide bonds. The van der Waals surface area contributed by atoms with Crippen molar-refractivity contribution in [3.8, 4) is 0 Å². The molecule has 4 aromatic carbocycles. The zero-order chi connectivity index (χ0) is 22.9. The van der Waals surface area contributed by atoms with E-state index < -0.39 is 0 Å². The van der Waals surface area contributed by atoms with Gasteiger partial charge in [0.2, 0.25) is 0 Å². The van der Waals surface area contributed by atoms with Crippen LogP contribution in [0.5, 0.6) is 0 Å². The highest BCUT2D eigenvalue weighted by molar-refractivity contribution is 5.89. The van der Waals surface area contributed by atoms with Gasteiger partial charge < -0.3 is 10.2 Å². The van der Waals surface area contributed by atoms with Gasteiger partial charge in [0.1, 0.15) is 5.82 Å². The smallest absolute Gasteiger partial charge is 0.320 e. The van der Waals surface area contributed by atoms with Gasteiger partial charge in [-0.1, -0.05) is 97.1 Å². The Bertz CT molecular complexity index is 1110. The Kier molecular flexibility index (Phi) is 7.49. The van der Waals surface area contributed by atoms with Crippen molar-refractivity contribution in [1.82, 2.24) is 4.90 Å². The molecule has 0 bridgehead atoms. The molecule has 0 aliphatic heterocycles. The fraction of sp³-hybridized carbons (Fsp3) is 0.138. The second kappa shape index (κ2) is 11.1. The molecule has 0 aliphatic rings. The van der Waals surface area contributed by atoms with Crippen molar-refractivity contribution in [2.75, 3.05) is 11.9 Å². The monoisotopic (exact) mass is 438 g/mol. The van der Waals surface area contributed by atoms with Gasteiger partial charge in [0.15, 0.2) is 0 Å². The number of carbonyl (C=O) groups is 1. The number of hydrogen-bond donors (Lipinski definition) is 1. The Labute approximate surface area is 194 Å². The van der Waals surface area contributed by atoms with Crippen LogP contribution in [0.25, 0.3) is 0 Å². The molecule has 166 valence electrons. The molecule has 0 saturated heterocycles. The summed E-state index contributed by atoms with van der Waals surface area (Å²) in [5.74, 6) is -0.219. The van der Waals surface area contributed by atoms with E-state index in [1.165, 1.54) is 23.3 Å². The summed E-state index contributed by atoms with van der Waals surface area (Å²) >= 11 is 0. The molecular formula is C29H27FN2O. The minimum Gasteiger partial charge on any atom is -0.320 e. The third-order valence-electron chi connectivity index (χ3n) is 5.67. The summed E-state index contributed by atoms with van der Waals surface area (Å²) in [6.07, 6.45) is 0.761. The standard InChI is InChI=1S/C29H27FN2O/c30-26-17-10-18-27(21-26)31-29(33)32(22-23-11-4-1-5-12-23)20-19-28(24-13-6-2-7-14-24)25-15-8-3-9-16-25/h1-18,21,28H,19-20,22H2,(H,31,33). The lowest BCUT2D eigenvalue weighted by atomic mass is 9.88. The predicted octanol–water partition coefficient (Wildman–Crippen LogP) is 7.08. The number of halogens is 1. The number of rotatable bonds is 8. The van der Waals surface area contributed by atoms with Gasteiger partial charge in [-0.05, 0) is 41.3 Å². The molecule has 0 fully saturated rings. The lowest BCUT2D eigenvalue weighted by Gasteiger charge is -2.26. The summed E-state index contributed by atoms with van der Waals surface area (Å²) in [4.78, 5) is 15.0. The van der Waals surface area contributed by atoms with Crippen LogP contribution < -0.4 is 5.32 Å². The van der Waals surface area contributed by atoms with E-state index in [1.54, 1.807) is 17.0 Å². The first-order valence-electron chi connectivity index (χ1n) is 11.1. The van der Waals surface area contributed by atoms with E-state index in [4.69, 9.17) is 0 Å². The Morgan fingerprint density at radius 3 is 1.91 bits per heavy atom. The summed E-state index contributed by atoms with van der Waals surface area (Å²) in [6.45, 7) is 1.02. The molecule has 3 nitrogen and oxygen atoms in total. The molecule has 4 aromatic rings. The Morgan fingerprint density at radius 1 is 0.758 bits per heavy atom. The predicted molar refractivity (Wildman–Crippen MR) is 132 cm³/mol. The number of anilines is 1. The van der Waals surface area contributed by atoms with Crippen LogP contribution in [-0.4, -0.2) is 17.5 Å². The topological polar surface area (TPSA) is 32.3 Å². The highest BCUT2D eigenvalue weighted by atomic mass is 19.1. The number of benzene rings is 4. The Morgan fingerprint density at radius 2 is 1.33 bits per heavy atom. The molecule has 0 radical (unpaired) electrons. The second-order valence-electron chi connectivity index (χ2n) is 8.01. The highest BCUT2D eigenvalue weighted by Crippen LogP contribution is 2.28. The third-order valence-corrected chi connectivity index (χ3v) is 5.67. The molecule has 0 spiro atoms. The molecular weight excluding hydrogens is 411 g/mol. The third kappa shape index (κ3) is 6.30. The Hall–Kier alpha value is -3.92. The minimum absolute atomic E-state index is 0.160. The van der Waals surface area contributed by atoms with E-state index >= 15 is 0 Å². The maximum absolute atomic E-state index is 13.6. The number of nitrogens with zero attached hydrogens (tertiary/aromatic N) is 1. The lowest BCUT2D eigenvalue weighted by Crippen LogP contribution is -2.36. The van der Waals surface area contributed by atoms with E-state index in [2.05, 4.69) is 29.6 Å². The fourth-order valence-electron chi connectivity index (χ4n) is 4.01. The largest absolute Gasteiger partial charge is 0.322 e. The highest BCUT2D eigenvalue weighted by Gasteiger charge is 2.19. The zero-order valence-corrected chi connectivity index (χ0v) is 18.4. The maximum Gasteiger partial charge on any atom is 0.322 e. The lowest BCUT2D eigenvalue weighted by molar-refractivity contribution is 0.207. The van der Waals surface area contributed by atoms with Gasteiger partial charge in [0, 0.05) is 24.7 Å². The van der Waals surface area contributed by atoms with Gasteiger partial charge in [0.05, 0.1) is 0 Å². The zero-order valence-electron chi connectivity index (χ0n) is 18.4. The summed E-state index contributed by atoms with van der Waals surface area (Å²) in [7, 11) is 0. The minimum atomic E-state index is -0.379. The van der Waals surface area contributed by atoms with Crippen LogP contribution in [0.3, 0.4) is 0 Å². The van der Waals surface area contributed by atoms with Crippen LogP contribution in [-0.2, 0) is 6.54 Å². The van der Waals surface area contributed by atoms with Crippen LogP contribution in [0.15, 0.2) is 115 Å². The quantitative estimate of drug-likeness (QED) is 0.313. The van der Waals surface area contributed by atoms with Crippen LogP contribution in [0, 0.1) is 5.82 Å². The number of amides is 2. The average Bonchev–Trinajstić information content (AvgIpc) is 2.85. The van der Waals surface area contributed by atoms with Gasteiger partial charge in [-0.15, -0.1) is 0 Å². The van der Waals surface area contributed by atoms with E-state index in [0.29, 0.717) is 18.8 Å². The van der Waals surface area contributed by atoms with Crippen LogP contribution >= 0.6 is 0 Å². The number of nitrogens with one attached hydrogen (secondary N) is 1. The molecule has 0 heterocycles. The van der Waals surface area contributed by atoms with Gasteiger partial charge in [-0.2, -0.15) is 0 Å². The molecule has 4 heteroatoms. The summed E-state index contributed by atoms with van der Waals surface area (Å²) in [5, 5.41) is 2.85. The summed E-state index contributed by atoms with van der Waals surface area (Å²) in [5.41, 5.74) is 3.92. The number of urea groups is 1. The normalized spacial score (nSPS) is 10.7. The van der Waals surface area contributed by atoms with Crippen molar-refractivity contribution in [3.63, 3.8) is 0 Å². The van der Waals surface area contributed by atoms with Crippen LogP contribution in [0.2, 0.25) is 0 Å². The van der Waals surface area contributed by atoms with Crippen molar-refractivity contribution >= 4 is 11.7 Å². The van der Waals surface area contributed by atoms with Crippen molar-refractivity contribution in [1.29, 1.82) is 0 Å². The van der Waals surface area contributed by atoms with Crippen molar-refractivity contribution in [2.45, 2.75) is 18.9 Å². The summed E-state index contributed by atoms with van der Waals surface area (Å²) < 4.78 is 13.6. The molecule has 0 unspecified atom stereocenters. The van der Waals surface area contributed by atoms with E-state index in [9.17, 15) is 9.18 Å². The maximum atomic E-state index is 13.6. The average molecular weight is 439 g/mol. The van der Waals surface area contributed by atoms with Gasteiger partial charge in [-0.25, -0.2) is 9.18 Å². The van der Waals surface area contributed by atoms with E-state index in [1.807, 2.05) is 66.7 Å². The van der Waals surface area contributed by atoms with E-state index in [-0.39, 0.29) is 17.8 Å². The number of carbonyl (C=O) groups excluding carboxylic acids is 1. The van der Waals surface area contributed by atoms with Gasteiger partial charge in [-0.3, -0.25) is 0 Å². The molecule has 33 heavy (non-hydrogen) atoms. The molecule has 0 aliphatic carbocycles. The number of hydrogen-bond acceptors (Lipinski definition) is 1. The first-order chi connectivity index (χ1) is 16.2. The molecule has 4 rings (SSSR count). The fourth-order valence-corrected chi connectivity index (χ4v) is 4.01. The van der Waals surface area contributed by atoms with Gasteiger partial charge in [0.25, 0.3) is 0 Å². The first-order valence-corrected chi connectivity index (χ1v) is 11.1.